The van der Waals surface area contributed by atoms with Crippen molar-refractivity contribution in [3.05, 3.63) is 63.1 Å². The van der Waals surface area contributed by atoms with Crippen molar-refractivity contribution in [2.24, 2.45) is 0 Å². The van der Waals surface area contributed by atoms with Gasteiger partial charge in [0.15, 0.2) is 19.0 Å². The van der Waals surface area contributed by atoms with Gasteiger partial charge in [0.2, 0.25) is 5.78 Å². The summed E-state index contributed by atoms with van der Waals surface area (Å²) in [6, 6.07) is 8.12. The third-order valence-corrected chi connectivity index (χ3v) is 4.71. The summed E-state index contributed by atoms with van der Waals surface area (Å²) in [7, 11) is 0. The normalized spacial score (nSPS) is 10.8. The molecule has 0 aliphatic carbocycles. The Morgan fingerprint density at radius 3 is 2.52 bits per heavy atom. The van der Waals surface area contributed by atoms with E-state index in [1.54, 1.807) is 42.7 Å². The highest BCUT2D eigenvalue weighted by Crippen LogP contribution is 2.27. The quantitative estimate of drug-likeness (QED) is 0.400. The summed E-state index contributed by atoms with van der Waals surface area (Å²) in [6.07, 6.45) is 0. The number of benzene rings is 1. The lowest BCUT2D eigenvalue weighted by Crippen LogP contribution is -2.20. The SMILES string of the molecule is Cc1cc(-n2c(C)cc(C(=O)COC(=O)COc3ccc(Cl)cc3Cl)c2C)no1. The lowest BCUT2D eigenvalue weighted by atomic mass is 10.1. The Balaban J connectivity index is 1.60. The number of nitrogens with zero attached hydrogens (tertiary/aromatic N) is 2. The highest BCUT2D eigenvalue weighted by Gasteiger charge is 2.20. The predicted molar refractivity (Wildman–Crippen MR) is 107 cm³/mol. The van der Waals surface area contributed by atoms with Crippen LogP contribution in [0.4, 0.5) is 0 Å². The number of aromatic nitrogens is 2. The number of hydrogen-bond donors (Lipinski definition) is 0. The van der Waals surface area contributed by atoms with Crippen LogP contribution in [0.3, 0.4) is 0 Å². The molecule has 0 saturated heterocycles. The first kappa shape index (κ1) is 21.0. The van der Waals surface area contributed by atoms with Crippen LogP contribution >= 0.6 is 23.2 Å². The van der Waals surface area contributed by atoms with Gasteiger partial charge in [0.1, 0.15) is 11.5 Å². The molecule has 0 aliphatic heterocycles. The summed E-state index contributed by atoms with van der Waals surface area (Å²) in [5.74, 6) is 0.524. The van der Waals surface area contributed by atoms with Crippen molar-refractivity contribution in [3.8, 4) is 11.6 Å². The number of ketones is 1. The second-order valence-corrected chi connectivity index (χ2v) is 7.21. The van der Waals surface area contributed by atoms with Crippen LogP contribution in [0.2, 0.25) is 10.0 Å². The molecule has 0 bridgehead atoms. The zero-order valence-corrected chi connectivity index (χ0v) is 17.5. The van der Waals surface area contributed by atoms with Gasteiger partial charge in [0, 0.05) is 28.0 Å². The van der Waals surface area contributed by atoms with Gasteiger partial charge in [-0.05, 0) is 45.0 Å². The maximum atomic E-state index is 12.5. The van der Waals surface area contributed by atoms with Crippen LogP contribution in [0.25, 0.3) is 5.82 Å². The van der Waals surface area contributed by atoms with Crippen molar-refractivity contribution < 1.29 is 23.6 Å². The van der Waals surface area contributed by atoms with E-state index in [-0.39, 0.29) is 17.4 Å². The molecule has 0 N–H and O–H groups in total. The minimum Gasteiger partial charge on any atom is -0.480 e. The number of esters is 1. The van der Waals surface area contributed by atoms with Crippen molar-refractivity contribution in [3.63, 3.8) is 0 Å². The number of hydrogen-bond acceptors (Lipinski definition) is 6. The van der Waals surface area contributed by atoms with Crippen LogP contribution < -0.4 is 4.74 Å². The third kappa shape index (κ3) is 4.81. The van der Waals surface area contributed by atoms with E-state index < -0.39 is 12.6 Å². The molecule has 0 spiro atoms. The van der Waals surface area contributed by atoms with E-state index in [1.807, 2.05) is 6.92 Å². The number of carbonyl (C=O) groups excluding carboxylic acids is 2. The highest BCUT2D eigenvalue weighted by atomic mass is 35.5. The molecular formula is C20H18Cl2N2O5. The van der Waals surface area contributed by atoms with E-state index in [4.69, 9.17) is 37.2 Å². The Morgan fingerprint density at radius 1 is 1.10 bits per heavy atom. The molecule has 3 aromatic rings. The van der Waals surface area contributed by atoms with E-state index in [0.717, 1.165) is 5.69 Å². The topological polar surface area (TPSA) is 83.6 Å². The summed E-state index contributed by atoms with van der Waals surface area (Å²) < 4.78 is 17.2. The zero-order valence-electron chi connectivity index (χ0n) is 16.0. The first-order chi connectivity index (χ1) is 13.8. The van der Waals surface area contributed by atoms with Gasteiger partial charge < -0.3 is 14.0 Å². The average Bonchev–Trinajstić information content (AvgIpc) is 3.21. The molecule has 29 heavy (non-hydrogen) atoms. The Morgan fingerprint density at radius 2 is 1.86 bits per heavy atom. The van der Waals surface area contributed by atoms with Gasteiger partial charge in [-0.15, -0.1) is 0 Å². The van der Waals surface area contributed by atoms with Crippen molar-refractivity contribution >= 4 is 35.0 Å². The molecule has 0 aliphatic rings. The second kappa shape index (κ2) is 8.71. The molecule has 0 amide bonds. The van der Waals surface area contributed by atoms with Crippen LogP contribution in [0, 0.1) is 20.8 Å². The summed E-state index contributed by atoms with van der Waals surface area (Å²) in [6.45, 7) is 4.64. The molecule has 3 rings (SSSR count). The fraction of sp³-hybridized carbons (Fsp3) is 0.250. The first-order valence-electron chi connectivity index (χ1n) is 8.65. The highest BCUT2D eigenvalue weighted by molar-refractivity contribution is 6.35. The molecule has 0 atom stereocenters. The van der Waals surface area contributed by atoms with Gasteiger partial charge in [-0.3, -0.25) is 9.36 Å². The maximum Gasteiger partial charge on any atom is 0.344 e. The molecule has 1 aromatic carbocycles. The lowest BCUT2D eigenvalue weighted by Gasteiger charge is -2.08. The summed E-state index contributed by atoms with van der Waals surface area (Å²) in [5, 5.41) is 4.70. The molecule has 7 nitrogen and oxygen atoms in total. The summed E-state index contributed by atoms with van der Waals surface area (Å²) in [5.41, 5.74) is 1.94. The number of halogens is 2. The Labute approximate surface area is 177 Å². The van der Waals surface area contributed by atoms with Crippen LogP contribution in [0.15, 0.2) is 34.9 Å². The zero-order chi connectivity index (χ0) is 21.1. The van der Waals surface area contributed by atoms with Crippen molar-refractivity contribution in [2.45, 2.75) is 20.8 Å². The van der Waals surface area contributed by atoms with Crippen LogP contribution in [0.5, 0.6) is 5.75 Å². The van der Waals surface area contributed by atoms with Crippen molar-refractivity contribution in [2.75, 3.05) is 13.2 Å². The van der Waals surface area contributed by atoms with E-state index in [9.17, 15) is 9.59 Å². The largest absolute Gasteiger partial charge is 0.480 e. The Hall–Kier alpha value is -2.77. The van der Waals surface area contributed by atoms with Gasteiger partial charge in [-0.2, -0.15) is 0 Å². The summed E-state index contributed by atoms with van der Waals surface area (Å²) in [4.78, 5) is 24.4. The number of aryl methyl sites for hydroxylation is 2. The van der Waals surface area contributed by atoms with Gasteiger partial charge in [0.25, 0.3) is 0 Å². The first-order valence-corrected chi connectivity index (χ1v) is 9.41. The van der Waals surface area contributed by atoms with Gasteiger partial charge >= 0.3 is 5.97 Å². The van der Waals surface area contributed by atoms with E-state index in [2.05, 4.69) is 5.16 Å². The van der Waals surface area contributed by atoms with Crippen LogP contribution in [-0.4, -0.2) is 34.7 Å². The Kier molecular flexibility index (Phi) is 6.30. The molecule has 0 fully saturated rings. The average molecular weight is 437 g/mol. The van der Waals surface area contributed by atoms with Gasteiger partial charge in [-0.25, -0.2) is 4.79 Å². The number of rotatable bonds is 7. The number of carbonyl (C=O) groups is 2. The second-order valence-electron chi connectivity index (χ2n) is 6.36. The lowest BCUT2D eigenvalue weighted by molar-refractivity contribution is -0.144. The number of ether oxygens (including phenoxy) is 2. The van der Waals surface area contributed by atoms with Gasteiger partial charge in [-0.1, -0.05) is 28.4 Å². The smallest absolute Gasteiger partial charge is 0.344 e. The van der Waals surface area contributed by atoms with E-state index >= 15 is 0 Å². The van der Waals surface area contributed by atoms with E-state index in [0.29, 0.717) is 33.6 Å². The number of Topliss-reactive ketones (excluding diaryl/α,β-unsaturated/α-hetero) is 1. The fourth-order valence-corrected chi connectivity index (χ4v) is 3.31. The van der Waals surface area contributed by atoms with Crippen molar-refractivity contribution in [1.29, 1.82) is 0 Å². The fourth-order valence-electron chi connectivity index (χ4n) is 2.85. The van der Waals surface area contributed by atoms with Crippen molar-refractivity contribution in [1.82, 2.24) is 9.72 Å². The molecule has 2 heterocycles. The molecule has 0 saturated carbocycles. The van der Waals surface area contributed by atoms with Crippen LogP contribution in [-0.2, 0) is 9.53 Å². The van der Waals surface area contributed by atoms with Gasteiger partial charge in [0.05, 0.1) is 5.02 Å². The molecule has 2 aromatic heterocycles. The molecule has 0 unspecified atom stereocenters. The summed E-state index contributed by atoms with van der Waals surface area (Å²) >= 11 is 11.8. The maximum absolute atomic E-state index is 12.5. The van der Waals surface area contributed by atoms with Crippen LogP contribution in [0.1, 0.15) is 27.5 Å². The molecule has 9 heteroatoms. The minimum absolute atomic E-state index is 0.275. The molecule has 0 radical (unpaired) electrons. The monoisotopic (exact) mass is 436 g/mol. The van der Waals surface area contributed by atoms with E-state index in [1.165, 1.54) is 6.07 Å². The Bertz CT molecular complexity index is 1070. The molecular weight excluding hydrogens is 419 g/mol. The predicted octanol–water partition coefficient (Wildman–Crippen LogP) is 4.50. The molecule has 152 valence electrons. The standard InChI is InChI=1S/C20H18Cl2N2O5/c1-11-6-15(13(3)24(11)19-7-12(2)29-23-19)17(25)9-28-20(26)10-27-18-5-4-14(21)8-16(18)22/h4-8H,9-10H2,1-3H3. The third-order valence-electron chi connectivity index (χ3n) is 4.18. The minimum atomic E-state index is -0.690.